The van der Waals surface area contributed by atoms with Gasteiger partial charge in [0.25, 0.3) is 0 Å². The number of primary amides is 1. The zero-order valence-corrected chi connectivity index (χ0v) is 17.1. The Bertz CT molecular complexity index is 1160. The van der Waals surface area contributed by atoms with Gasteiger partial charge in [0.05, 0.1) is 17.1 Å². The third kappa shape index (κ3) is 3.92. The first-order valence-corrected chi connectivity index (χ1v) is 11.2. The van der Waals surface area contributed by atoms with Crippen molar-refractivity contribution in [2.45, 2.75) is 18.6 Å². The van der Waals surface area contributed by atoms with E-state index >= 15 is 0 Å². The van der Waals surface area contributed by atoms with Crippen molar-refractivity contribution in [2.24, 2.45) is 11.7 Å². The molecule has 4 rings (SSSR count). The first-order valence-electron chi connectivity index (χ1n) is 9.21. The molecule has 3 heterocycles. The number of benzene rings is 1. The first kappa shape index (κ1) is 19.7. The van der Waals surface area contributed by atoms with Gasteiger partial charge in [-0.3, -0.25) is 4.79 Å². The SMILES string of the molecule is NC(=O)C1CCCN(c2nc(Cl)nc3c2ccn3S(=O)(=O)Cc2ccccc2)C1. The fraction of sp³-hybridized carbons (Fsp3) is 0.316. The van der Waals surface area contributed by atoms with E-state index in [2.05, 4.69) is 9.97 Å². The van der Waals surface area contributed by atoms with Gasteiger partial charge in [0.15, 0.2) is 5.65 Å². The molecule has 1 saturated heterocycles. The van der Waals surface area contributed by atoms with Crippen molar-refractivity contribution >= 4 is 44.4 Å². The monoisotopic (exact) mass is 433 g/mol. The van der Waals surface area contributed by atoms with Crippen molar-refractivity contribution < 1.29 is 13.2 Å². The van der Waals surface area contributed by atoms with Crippen LogP contribution in [-0.2, 0) is 20.6 Å². The molecule has 29 heavy (non-hydrogen) atoms. The Morgan fingerprint density at radius 2 is 1.97 bits per heavy atom. The maximum atomic E-state index is 13.0. The quantitative estimate of drug-likeness (QED) is 0.617. The van der Waals surface area contributed by atoms with Crippen LogP contribution in [0.1, 0.15) is 18.4 Å². The molecule has 0 spiro atoms. The zero-order valence-electron chi connectivity index (χ0n) is 15.5. The van der Waals surface area contributed by atoms with E-state index in [9.17, 15) is 13.2 Å². The predicted octanol–water partition coefficient (Wildman–Crippen LogP) is 2.16. The van der Waals surface area contributed by atoms with E-state index in [1.54, 1.807) is 30.3 Å². The number of hydrogen-bond donors (Lipinski definition) is 1. The molecule has 152 valence electrons. The number of carbonyl (C=O) groups excluding carboxylic acids is 1. The number of hydrogen-bond acceptors (Lipinski definition) is 6. The molecule has 2 aromatic heterocycles. The van der Waals surface area contributed by atoms with Crippen LogP contribution in [0.2, 0.25) is 5.28 Å². The van der Waals surface area contributed by atoms with Gasteiger partial charge in [-0.25, -0.2) is 12.4 Å². The summed E-state index contributed by atoms with van der Waals surface area (Å²) in [6.45, 7) is 1.09. The Hall–Kier alpha value is -2.65. The Balaban J connectivity index is 1.75. The molecule has 0 bridgehead atoms. The van der Waals surface area contributed by atoms with Gasteiger partial charge in [-0.05, 0) is 36.1 Å². The van der Waals surface area contributed by atoms with E-state index in [0.717, 1.165) is 16.8 Å². The van der Waals surface area contributed by atoms with E-state index in [1.807, 2.05) is 11.0 Å². The number of rotatable bonds is 5. The van der Waals surface area contributed by atoms with Crippen LogP contribution in [-0.4, -0.2) is 41.4 Å². The number of fused-ring (bicyclic) bond motifs is 1. The maximum absolute atomic E-state index is 13.0. The minimum absolute atomic E-state index is 0.0523. The van der Waals surface area contributed by atoms with Crippen LogP contribution in [0.5, 0.6) is 0 Å². The third-order valence-corrected chi connectivity index (χ3v) is 6.84. The highest BCUT2D eigenvalue weighted by Gasteiger charge is 2.28. The molecule has 1 unspecified atom stereocenters. The van der Waals surface area contributed by atoms with Gasteiger partial charge in [0.1, 0.15) is 5.82 Å². The molecule has 1 aromatic carbocycles. The summed E-state index contributed by atoms with van der Waals surface area (Å²) in [4.78, 5) is 22.0. The van der Waals surface area contributed by atoms with Crippen LogP contribution < -0.4 is 10.6 Å². The standard InChI is InChI=1S/C19H20ClN5O3S/c20-19-22-17(24-9-4-7-14(11-24)16(21)26)15-8-10-25(18(15)23-19)29(27,28)12-13-5-2-1-3-6-13/h1-3,5-6,8,10,14H,4,7,9,11-12H2,(H2,21,26). The number of anilines is 1. The predicted molar refractivity (Wildman–Crippen MR) is 111 cm³/mol. The van der Waals surface area contributed by atoms with Gasteiger partial charge in [0, 0.05) is 19.3 Å². The summed E-state index contributed by atoms with van der Waals surface area (Å²) < 4.78 is 27.1. The second-order valence-corrected chi connectivity index (χ2v) is 9.28. The summed E-state index contributed by atoms with van der Waals surface area (Å²) in [7, 11) is -3.71. The number of nitrogens with two attached hydrogens (primary N) is 1. The molecule has 8 nitrogen and oxygen atoms in total. The van der Waals surface area contributed by atoms with Crippen molar-refractivity contribution in [3.8, 4) is 0 Å². The molecular formula is C19H20ClN5O3S. The van der Waals surface area contributed by atoms with Gasteiger partial charge in [0.2, 0.25) is 21.2 Å². The van der Waals surface area contributed by atoms with E-state index in [4.69, 9.17) is 17.3 Å². The lowest BCUT2D eigenvalue weighted by molar-refractivity contribution is -0.122. The number of carbonyl (C=O) groups is 1. The number of halogens is 1. The number of aromatic nitrogens is 3. The lowest BCUT2D eigenvalue weighted by Crippen LogP contribution is -2.41. The average molecular weight is 434 g/mol. The van der Waals surface area contributed by atoms with Crippen LogP contribution in [0.3, 0.4) is 0 Å². The molecule has 1 aliphatic heterocycles. The maximum Gasteiger partial charge on any atom is 0.244 e. The molecule has 2 N–H and O–H groups in total. The van der Waals surface area contributed by atoms with Crippen molar-refractivity contribution in [3.05, 3.63) is 53.4 Å². The number of piperidine rings is 1. The van der Waals surface area contributed by atoms with Crippen molar-refractivity contribution in [1.82, 2.24) is 13.9 Å². The molecule has 1 amide bonds. The fourth-order valence-electron chi connectivity index (χ4n) is 3.67. The van der Waals surface area contributed by atoms with Crippen molar-refractivity contribution in [3.63, 3.8) is 0 Å². The van der Waals surface area contributed by atoms with E-state index in [0.29, 0.717) is 29.9 Å². The van der Waals surface area contributed by atoms with Gasteiger partial charge >= 0.3 is 0 Å². The summed E-state index contributed by atoms with van der Waals surface area (Å²) in [5.74, 6) is -0.285. The smallest absolute Gasteiger partial charge is 0.244 e. The topological polar surface area (TPSA) is 111 Å². The Morgan fingerprint density at radius 1 is 1.21 bits per heavy atom. The van der Waals surface area contributed by atoms with E-state index in [-0.39, 0.29) is 28.5 Å². The van der Waals surface area contributed by atoms with Crippen LogP contribution >= 0.6 is 11.6 Å². The highest BCUT2D eigenvalue weighted by molar-refractivity contribution is 7.89. The van der Waals surface area contributed by atoms with Gasteiger partial charge in [-0.1, -0.05) is 30.3 Å². The Labute approximate surface area is 173 Å². The minimum atomic E-state index is -3.71. The zero-order chi connectivity index (χ0) is 20.6. The Morgan fingerprint density at radius 3 is 2.69 bits per heavy atom. The van der Waals surface area contributed by atoms with E-state index in [1.165, 1.54) is 6.20 Å². The number of amides is 1. The minimum Gasteiger partial charge on any atom is -0.369 e. The summed E-state index contributed by atoms with van der Waals surface area (Å²) >= 11 is 6.13. The molecule has 1 fully saturated rings. The molecule has 0 saturated carbocycles. The van der Waals surface area contributed by atoms with Crippen LogP contribution in [0, 0.1) is 5.92 Å². The second kappa shape index (κ2) is 7.64. The molecule has 1 aliphatic rings. The van der Waals surface area contributed by atoms with Crippen LogP contribution in [0.4, 0.5) is 5.82 Å². The number of nitrogens with zero attached hydrogens (tertiary/aromatic N) is 4. The molecule has 10 heteroatoms. The largest absolute Gasteiger partial charge is 0.369 e. The van der Waals surface area contributed by atoms with Gasteiger partial charge in [-0.2, -0.15) is 9.97 Å². The molecule has 0 radical (unpaired) electrons. The Kier molecular flexibility index (Phi) is 5.18. The molecular weight excluding hydrogens is 414 g/mol. The lowest BCUT2D eigenvalue weighted by atomic mass is 9.97. The van der Waals surface area contributed by atoms with Crippen molar-refractivity contribution in [2.75, 3.05) is 18.0 Å². The molecule has 0 aliphatic carbocycles. The van der Waals surface area contributed by atoms with Crippen LogP contribution in [0.15, 0.2) is 42.6 Å². The normalized spacial score (nSPS) is 17.6. The molecule has 3 aromatic rings. The average Bonchev–Trinajstić information content (AvgIpc) is 3.12. The second-order valence-electron chi connectivity index (χ2n) is 7.09. The lowest BCUT2D eigenvalue weighted by Gasteiger charge is -2.32. The summed E-state index contributed by atoms with van der Waals surface area (Å²) in [5, 5.41) is 0.514. The van der Waals surface area contributed by atoms with Crippen molar-refractivity contribution in [1.29, 1.82) is 0 Å². The van der Waals surface area contributed by atoms with Gasteiger partial charge in [-0.15, -0.1) is 0 Å². The van der Waals surface area contributed by atoms with Crippen LogP contribution in [0.25, 0.3) is 11.0 Å². The van der Waals surface area contributed by atoms with E-state index < -0.39 is 10.0 Å². The highest BCUT2D eigenvalue weighted by atomic mass is 35.5. The fourth-order valence-corrected chi connectivity index (χ4v) is 5.23. The summed E-state index contributed by atoms with van der Waals surface area (Å²) in [6, 6.07) is 10.6. The molecule has 1 atom stereocenters. The first-order chi connectivity index (χ1) is 13.8. The summed E-state index contributed by atoms with van der Waals surface area (Å²) in [6.07, 6.45) is 2.97. The van der Waals surface area contributed by atoms with Gasteiger partial charge < -0.3 is 10.6 Å². The highest BCUT2D eigenvalue weighted by Crippen LogP contribution is 2.31. The third-order valence-electron chi connectivity index (χ3n) is 5.08. The summed E-state index contributed by atoms with van der Waals surface area (Å²) in [5.41, 5.74) is 6.37.